The Bertz CT molecular complexity index is 444. The molecule has 5 heteroatoms. The first-order chi connectivity index (χ1) is 7.84. The molecule has 0 aliphatic rings. The third-order valence-corrected chi connectivity index (χ3v) is 2.17. The molecule has 1 heterocycles. The molecule has 0 fully saturated rings. The molecule has 17 heavy (non-hydrogen) atoms. The minimum absolute atomic E-state index is 0.0807. The van der Waals surface area contributed by atoms with Crippen molar-refractivity contribution in [3.63, 3.8) is 0 Å². The molecule has 0 saturated carbocycles. The van der Waals surface area contributed by atoms with Crippen molar-refractivity contribution < 1.29 is 13.7 Å². The minimum Gasteiger partial charge on any atom is -0.335 e. The third-order valence-electron chi connectivity index (χ3n) is 2.17. The highest BCUT2D eigenvalue weighted by molar-refractivity contribution is 5.72. The highest BCUT2D eigenvalue weighted by Crippen LogP contribution is 2.25. The number of nitrogens with zero attached hydrogens (tertiary/aromatic N) is 2. The van der Waals surface area contributed by atoms with Gasteiger partial charge in [0.05, 0.1) is 0 Å². The molecule has 92 valence electrons. The van der Waals surface area contributed by atoms with E-state index in [1.54, 1.807) is 0 Å². The summed E-state index contributed by atoms with van der Waals surface area (Å²) in [5.74, 6) is 0.187. The lowest BCUT2D eigenvalue weighted by Crippen LogP contribution is -2.09. The van der Waals surface area contributed by atoms with Gasteiger partial charge in [-0.1, -0.05) is 18.3 Å². The Balaban J connectivity index is 2.68. The van der Waals surface area contributed by atoms with Crippen molar-refractivity contribution >= 4 is 11.9 Å². The summed E-state index contributed by atoms with van der Waals surface area (Å²) in [6, 6.07) is 0. The Labute approximate surface area is 99.2 Å². The predicted octanol–water partition coefficient (Wildman–Crippen LogP) is 2.82. The van der Waals surface area contributed by atoms with Gasteiger partial charge in [-0.3, -0.25) is 4.79 Å². The first-order valence-corrected chi connectivity index (χ1v) is 5.19. The fourth-order valence-electron chi connectivity index (χ4n) is 1.09. The van der Waals surface area contributed by atoms with Gasteiger partial charge >= 0.3 is 0 Å². The number of hydrogen-bond acceptors (Lipinski definition) is 4. The van der Waals surface area contributed by atoms with E-state index in [9.17, 15) is 9.18 Å². The van der Waals surface area contributed by atoms with Crippen molar-refractivity contribution in [3.05, 3.63) is 30.4 Å². The van der Waals surface area contributed by atoms with Gasteiger partial charge in [-0.2, -0.15) is 4.98 Å². The molecular weight excluding hydrogens is 223 g/mol. The molecule has 0 N–H and O–H groups in total. The van der Waals surface area contributed by atoms with Crippen LogP contribution in [0, 0.1) is 0 Å². The number of aromatic nitrogens is 2. The van der Waals surface area contributed by atoms with E-state index in [0.29, 0.717) is 30.3 Å². The number of alkyl halides is 1. The standard InChI is InChI=1S/C12H15FN2O2/c1-8(7-16)5-6-9(2)10-14-11(17-15-10)12(3,4)13/h7H,1-2,5-6H2,3-4H3. The van der Waals surface area contributed by atoms with Gasteiger partial charge in [-0.25, -0.2) is 4.39 Å². The second-order valence-corrected chi connectivity index (χ2v) is 4.28. The molecule has 0 amide bonds. The Kier molecular flexibility index (Phi) is 3.93. The van der Waals surface area contributed by atoms with Crippen molar-refractivity contribution in [2.45, 2.75) is 32.4 Å². The first-order valence-electron chi connectivity index (χ1n) is 5.19. The quantitative estimate of drug-likeness (QED) is 0.565. The smallest absolute Gasteiger partial charge is 0.264 e. The first kappa shape index (κ1) is 13.3. The Morgan fingerprint density at radius 2 is 2.12 bits per heavy atom. The van der Waals surface area contributed by atoms with Crippen LogP contribution in [0.5, 0.6) is 0 Å². The van der Waals surface area contributed by atoms with Crippen LogP contribution in [-0.2, 0) is 10.5 Å². The van der Waals surface area contributed by atoms with Gasteiger partial charge in [0.15, 0.2) is 11.5 Å². The average molecular weight is 238 g/mol. The number of allylic oxidation sites excluding steroid dienone is 2. The van der Waals surface area contributed by atoms with E-state index in [-0.39, 0.29) is 11.7 Å². The largest absolute Gasteiger partial charge is 0.335 e. The van der Waals surface area contributed by atoms with Crippen LogP contribution in [0.3, 0.4) is 0 Å². The van der Waals surface area contributed by atoms with E-state index in [1.807, 2.05) is 0 Å². The summed E-state index contributed by atoms with van der Waals surface area (Å²) >= 11 is 0. The van der Waals surface area contributed by atoms with Crippen LogP contribution in [0.1, 0.15) is 38.4 Å². The minimum atomic E-state index is -1.67. The Morgan fingerprint density at radius 3 is 2.59 bits per heavy atom. The molecule has 0 aliphatic heterocycles. The molecule has 1 aromatic rings. The normalized spacial score (nSPS) is 11.2. The maximum atomic E-state index is 13.5. The van der Waals surface area contributed by atoms with Crippen molar-refractivity contribution in [3.8, 4) is 0 Å². The molecule has 0 radical (unpaired) electrons. The Morgan fingerprint density at radius 1 is 1.47 bits per heavy atom. The fraction of sp³-hybridized carbons (Fsp3) is 0.417. The van der Waals surface area contributed by atoms with Crippen molar-refractivity contribution in [2.24, 2.45) is 0 Å². The summed E-state index contributed by atoms with van der Waals surface area (Å²) < 4.78 is 18.3. The molecule has 0 aliphatic carbocycles. The molecule has 1 aromatic heterocycles. The molecule has 0 bridgehead atoms. The van der Waals surface area contributed by atoms with Crippen LogP contribution < -0.4 is 0 Å². The van der Waals surface area contributed by atoms with E-state index in [1.165, 1.54) is 13.8 Å². The summed E-state index contributed by atoms with van der Waals surface area (Å²) in [6.07, 6.45) is 1.66. The highest BCUT2D eigenvalue weighted by atomic mass is 19.1. The second-order valence-electron chi connectivity index (χ2n) is 4.28. The van der Waals surface area contributed by atoms with Crippen LogP contribution in [0.4, 0.5) is 4.39 Å². The predicted molar refractivity (Wildman–Crippen MR) is 61.9 cm³/mol. The van der Waals surface area contributed by atoms with E-state index >= 15 is 0 Å². The van der Waals surface area contributed by atoms with E-state index in [4.69, 9.17) is 4.52 Å². The maximum Gasteiger partial charge on any atom is 0.264 e. The van der Waals surface area contributed by atoms with E-state index in [2.05, 4.69) is 23.3 Å². The van der Waals surface area contributed by atoms with Gasteiger partial charge in [0, 0.05) is 0 Å². The molecular formula is C12H15FN2O2. The van der Waals surface area contributed by atoms with Crippen LogP contribution >= 0.6 is 0 Å². The van der Waals surface area contributed by atoms with Gasteiger partial charge in [-0.15, -0.1) is 0 Å². The molecule has 0 atom stereocenters. The molecule has 4 nitrogen and oxygen atoms in total. The Hall–Kier alpha value is -1.78. The van der Waals surface area contributed by atoms with Gasteiger partial charge in [0.2, 0.25) is 0 Å². The summed E-state index contributed by atoms with van der Waals surface area (Å²) in [5.41, 5.74) is -0.606. The summed E-state index contributed by atoms with van der Waals surface area (Å²) in [6.45, 7) is 9.98. The summed E-state index contributed by atoms with van der Waals surface area (Å²) in [7, 11) is 0. The molecule has 0 spiro atoms. The number of rotatable bonds is 6. The fourth-order valence-corrected chi connectivity index (χ4v) is 1.09. The SMILES string of the molecule is C=C(C=O)CCC(=C)c1noc(C(C)(C)F)n1. The highest BCUT2D eigenvalue weighted by Gasteiger charge is 2.27. The monoisotopic (exact) mass is 238 g/mol. The number of carbonyl (C=O) groups is 1. The van der Waals surface area contributed by atoms with Crippen molar-refractivity contribution in [1.82, 2.24) is 10.1 Å². The number of carbonyl (C=O) groups excluding carboxylic acids is 1. The summed E-state index contributed by atoms with van der Waals surface area (Å²) in [5, 5.41) is 3.64. The zero-order valence-corrected chi connectivity index (χ0v) is 9.99. The van der Waals surface area contributed by atoms with E-state index in [0.717, 1.165) is 0 Å². The van der Waals surface area contributed by atoms with Crippen LogP contribution in [0.15, 0.2) is 23.3 Å². The van der Waals surface area contributed by atoms with Gasteiger partial charge in [0.1, 0.15) is 6.29 Å². The maximum absolute atomic E-state index is 13.5. The summed E-state index contributed by atoms with van der Waals surface area (Å²) in [4.78, 5) is 14.3. The zero-order chi connectivity index (χ0) is 13.1. The lowest BCUT2D eigenvalue weighted by atomic mass is 10.1. The molecule has 1 rings (SSSR count). The van der Waals surface area contributed by atoms with Crippen LogP contribution in [-0.4, -0.2) is 16.4 Å². The lowest BCUT2D eigenvalue weighted by Gasteiger charge is -2.05. The van der Waals surface area contributed by atoms with E-state index < -0.39 is 5.67 Å². The lowest BCUT2D eigenvalue weighted by molar-refractivity contribution is -0.105. The third kappa shape index (κ3) is 3.62. The number of aldehydes is 1. The topological polar surface area (TPSA) is 56.0 Å². The van der Waals surface area contributed by atoms with Gasteiger partial charge in [0.25, 0.3) is 5.89 Å². The van der Waals surface area contributed by atoms with Crippen molar-refractivity contribution in [2.75, 3.05) is 0 Å². The van der Waals surface area contributed by atoms with Gasteiger partial charge < -0.3 is 4.52 Å². The molecule has 0 aromatic carbocycles. The van der Waals surface area contributed by atoms with Gasteiger partial charge in [-0.05, 0) is 37.8 Å². The van der Waals surface area contributed by atoms with Crippen LogP contribution in [0.2, 0.25) is 0 Å². The zero-order valence-electron chi connectivity index (χ0n) is 9.99. The number of halogens is 1. The van der Waals surface area contributed by atoms with Crippen LogP contribution in [0.25, 0.3) is 5.57 Å². The molecule has 0 unspecified atom stereocenters. The average Bonchev–Trinajstić information content (AvgIpc) is 2.74. The van der Waals surface area contributed by atoms with Crippen molar-refractivity contribution in [1.29, 1.82) is 0 Å². The number of hydrogen-bond donors (Lipinski definition) is 0. The second kappa shape index (κ2) is 5.03. The molecule has 0 saturated heterocycles.